The predicted octanol–water partition coefficient (Wildman–Crippen LogP) is 3.89. The lowest BCUT2D eigenvalue weighted by Crippen LogP contribution is -2.58. The highest BCUT2D eigenvalue weighted by molar-refractivity contribution is 5.79. The second-order valence-electron chi connectivity index (χ2n) is 8.76. The Morgan fingerprint density at radius 2 is 1.77 bits per heavy atom. The second-order valence-corrected chi connectivity index (χ2v) is 8.76. The second kappa shape index (κ2) is 4.82. The maximum Gasteiger partial charge on any atom is 0.306 e. The van der Waals surface area contributed by atoms with Crippen LogP contribution < -0.4 is 0 Å². The van der Waals surface area contributed by atoms with Crippen molar-refractivity contribution in [1.82, 2.24) is 0 Å². The summed E-state index contributed by atoms with van der Waals surface area (Å²) in [5.41, 5.74) is 0.129. The molecule has 0 aromatic rings. The maximum atomic E-state index is 11.9. The van der Waals surface area contributed by atoms with Gasteiger partial charge in [0.15, 0.2) is 0 Å². The average Bonchev–Trinajstić information content (AvgIpc) is 2.46. The summed E-state index contributed by atoms with van der Waals surface area (Å²) in [5.74, 6) is 3.05. The zero-order valence-corrected chi connectivity index (χ0v) is 13.9. The van der Waals surface area contributed by atoms with E-state index in [0.29, 0.717) is 35.4 Å². The van der Waals surface area contributed by atoms with Crippen molar-refractivity contribution in [3.05, 3.63) is 0 Å². The highest BCUT2D eigenvalue weighted by atomic mass is 16.6. The lowest BCUT2D eigenvalue weighted by Gasteiger charge is -2.61. The zero-order valence-electron chi connectivity index (χ0n) is 13.9. The summed E-state index contributed by atoms with van der Waals surface area (Å²) in [6.07, 6.45) is 8.91. The number of carbonyl (C=O) groups excluding carboxylic acids is 2. The van der Waals surface area contributed by atoms with Crippen LogP contribution in [0.15, 0.2) is 0 Å². The third kappa shape index (κ3) is 2.00. The van der Waals surface area contributed by atoms with Gasteiger partial charge in [-0.2, -0.15) is 0 Å². The molecule has 0 aromatic heterocycles. The van der Waals surface area contributed by atoms with Crippen LogP contribution in [0.2, 0.25) is 0 Å². The zero-order chi connectivity index (χ0) is 15.5. The van der Waals surface area contributed by atoms with Crippen molar-refractivity contribution in [3.8, 4) is 0 Å². The summed E-state index contributed by atoms with van der Waals surface area (Å²) in [6, 6.07) is 0. The Kier molecular flexibility index (Phi) is 3.22. The summed E-state index contributed by atoms with van der Waals surface area (Å²) in [6.45, 7) is 4.63. The van der Waals surface area contributed by atoms with Crippen LogP contribution in [0.25, 0.3) is 0 Å². The first-order valence-electron chi connectivity index (χ1n) is 9.16. The number of hydrogen-bond acceptors (Lipinski definition) is 3. The molecule has 0 amide bonds. The van der Waals surface area contributed by atoms with Crippen molar-refractivity contribution in [2.75, 3.05) is 0 Å². The van der Waals surface area contributed by atoms with Crippen LogP contribution in [0.5, 0.6) is 0 Å². The molecule has 3 aliphatic carbocycles. The van der Waals surface area contributed by atoms with Gasteiger partial charge in [0, 0.05) is 25.2 Å². The monoisotopic (exact) mass is 304 g/mol. The Bertz CT molecular complexity index is 513. The molecule has 22 heavy (non-hydrogen) atoms. The van der Waals surface area contributed by atoms with Crippen LogP contribution >= 0.6 is 0 Å². The average molecular weight is 304 g/mol. The van der Waals surface area contributed by atoms with Crippen molar-refractivity contribution >= 4 is 11.8 Å². The maximum absolute atomic E-state index is 11.9. The van der Waals surface area contributed by atoms with Gasteiger partial charge in [0.25, 0.3) is 0 Å². The smallest absolute Gasteiger partial charge is 0.306 e. The number of carbonyl (C=O) groups is 2. The van der Waals surface area contributed by atoms with E-state index in [9.17, 15) is 9.59 Å². The molecule has 0 N–H and O–H groups in total. The standard InChI is InChI=1S/C19H28O3/c1-18-9-7-13(20)11-12(18)3-4-14-15(18)8-10-19(2)16(14)5-6-17(21)22-19/h12,14-16H,3-11H2,1-2H3/t12-,14+,15-,16-,18-,19+/m0/s1. The van der Waals surface area contributed by atoms with Gasteiger partial charge in [0.2, 0.25) is 0 Å². The molecule has 1 saturated heterocycles. The predicted molar refractivity (Wildman–Crippen MR) is 83.1 cm³/mol. The van der Waals surface area contributed by atoms with Gasteiger partial charge in [-0.15, -0.1) is 0 Å². The molecule has 0 bridgehead atoms. The molecule has 4 rings (SSSR count). The van der Waals surface area contributed by atoms with Crippen LogP contribution in [0.1, 0.15) is 71.6 Å². The Hall–Kier alpha value is -0.860. The van der Waals surface area contributed by atoms with Crippen molar-refractivity contribution in [2.24, 2.45) is 29.1 Å². The number of ketones is 1. The fourth-order valence-corrected chi connectivity index (χ4v) is 6.56. The number of esters is 1. The summed E-state index contributed by atoms with van der Waals surface area (Å²) in [4.78, 5) is 23.6. The van der Waals surface area contributed by atoms with Gasteiger partial charge in [0.1, 0.15) is 11.4 Å². The fourth-order valence-electron chi connectivity index (χ4n) is 6.56. The van der Waals surface area contributed by atoms with Gasteiger partial charge in [-0.3, -0.25) is 9.59 Å². The van der Waals surface area contributed by atoms with E-state index in [-0.39, 0.29) is 11.6 Å². The van der Waals surface area contributed by atoms with E-state index in [2.05, 4.69) is 13.8 Å². The van der Waals surface area contributed by atoms with Gasteiger partial charge < -0.3 is 4.74 Å². The van der Waals surface area contributed by atoms with E-state index in [1.165, 1.54) is 19.3 Å². The summed E-state index contributed by atoms with van der Waals surface area (Å²) >= 11 is 0. The molecular formula is C19H28O3. The van der Waals surface area contributed by atoms with E-state index in [4.69, 9.17) is 4.74 Å². The van der Waals surface area contributed by atoms with Gasteiger partial charge >= 0.3 is 5.97 Å². The minimum absolute atomic E-state index is 0.000334. The van der Waals surface area contributed by atoms with E-state index >= 15 is 0 Å². The van der Waals surface area contributed by atoms with Gasteiger partial charge in [-0.1, -0.05) is 6.92 Å². The molecule has 1 aliphatic heterocycles. The minimum atomic E-state index is -0.218. The number of fused-ring (bicyclic) bond motifs is 5. The first-order chi connectivity index (χ1) is 10.4. The molecule has 3 nitrogen and oxygen atoms in total. The van der Waals surface area contributed by atoms with Crippen LogP contribution in [-0.4, -0.2) is 17.4 Å². The highest BCUT2D eigenvalue weighted by Gasteiger charge is 2.58. The van der Waals surface area contributed by atoms with Crippen molar-refractivity contribution in [3.63, 3.8) is 0 Å². The number of ether oxygens (including phenoxy) is 1. The number of hydrogen-bond donors (Lipinski definition) is 0. The summed E-state index contributed by atoms with van der Waals surface area (Å²) in [7, 11) is 0. The molecule has 6 atom stereocenters. The van der Waals surface area contributed by atoms with Crippen LogP contribution in [0, 0.1) is 29.1 Å². The Balaban J connectivity index is 1.62. The third-order valence-corrected chi connectivity index (χ3v) is 7.82. The number of rotatable bonds is 0. The lowest BCUT2D eigenvalue weighted by atomic mass is 9.46. The molecule has 0 spiro atoms. The molecule has 0 radical (unpaired) electrons. The SMILES string of the molecule is C[C@]12CCC(=O)C[C@@H]1CC[C@@H]1[C@@H]2CC[C@@]2(C)OC(=O)CC[C@@H]12. The summed E-state index contributed by atoms with van der Waals surface area (Å²) < 4.78 is 5.82. The molecule has 0 unspecified atom stereocenters. The quantitative estimate of drug-likeness (QED) is 0.638. The molecule has 3 saturated carbocycles. The Morgan fingerprint density at radius 3 is 2.59 bits per heavy atom. The van der Waals surface area contributed by atoms with E-state index in [1.807, 2.05) is 0 Å². The largest absolute Gasteiger partial charge is 0.459 e. The van der Waals surface area contributed by atoms with Crippen LogP contribution in [-0.2, 0) is 14.3 Å². The molecule has 4 aliphatic rings. The first kappa shape index (κ1) is 14.7. The van der Waals surface area contributed by atoms with Crippen LogP contribution in [0.4, 0.5) is 0 Å². The van der Waals surface area contributed by atoms with Crippen LogP contribution in [0.3, 0.4) is 0 Å². The number of Topliss-reactive ketones (excluding diaryl/α,β-unsaturated/α-hetero) is 1. The van der Waals surface area contributed by atoms with E-state index in [0.717, 1.165) is 38.0 Å². The highest BCUT2D eigenvalue weighted by Crippen LogP contribution is 2.62. The minimum Gasteiger partial charge on any atom is -0.459 e. The molecule has 122 valence electrons. The topological polar surface area (TPSA) is 43.4 Å². The first-order valence-corrected chi connectivity index (χ1v) is 9.16. The molecular weight excluding hydrogens is 276 g/mol. The molecule has 0 aromatic carbocycles. The van der Waals surface area contributed by atoms with E-state index < -0.39 is 0 Å². The van der Waals surface area contributed by atoms with Gasteiger partial charge in [-0.05, 0) is 68.6 Å². The molecule has 3 heteroatoms. The third-order valence-electron chi connectivity index (χ3n) is 7.82. The summed E-state index contributed by atoms with van der Waals surface area (Å²) in [5, 5.41) is 0. The Labute approximate surface area is 133 Å². The van der Waals surface area contributed by atoms with E-state index in [1.54, 1.807) is 0 Å². The van der Waals surface area contributed by atoms with Crippen molar-refractivity contribution < 1.29 is 14.3 Å². The molecule has 4 fully saturated rings. The lowest BCUT2D eigenvalue weighted by molar-refractivity contribution is -0.202. The van der Waals surface area contributed by atoms with Gasteiger partial charge in [-0.25, -0.2) is 0 Å². The van der Waals surface area contributed by atoms with Gasteiger partial charge in [0.05, 0.1) is 0 Å². The normalized spacial score (nSPS) is 51.4. The molecule has 1 heterocycles. The van der Waals surface area contributed by atoms with Crippen molar-refractivity contribution in [1.29, 1.82) is 0 Å². The Morgan fingerprint density at radius 1 is 0.955 bits per heavy atom. The van der Waals surface area contributed by atoms with Crippen molar-refractivity contribution in [2.45, 2.75) is 77.2 Å². The fraction of sp³-hybridized carbons (Fsp3) is 0.895.